The molecule has 0 bridgehead atoms. The fraction of sp³-hybridized carbons (Fsp3) is 0.0526. The molecule has 27 heavy (non-hydrogen) atoms. The number of rotatable bonds is 6. The first-order valence-electron chi connectivity index (χ1n) is 7.74. The molecule has 0 aliphatic heterocycles. The second-order valence-electron chi connectivity index (χ2n) is 5.30. The number of nitrogens with one attached hydrogen (secondary N) is 1. The lowest BCUT2D eigenvalue weighted by Gasteiger charge is -2.09. The summed E-state index contributed by atoms with van der Waals surface area (Å²) in [5.74, 6) is -1.94. The highest BCUT2D eigenvalue weighted by molar-refractivity contribution is 7.12. The van der Waals surface area contributed by atoms with Gasteiger partial charge in [-0.2, -0.15) is 0 Å². The molecule has 138 valence electrons. The van der Waals surface area contributed by atoms with Gasteiger partial charge in [0.1, 0.15) is 5.82 Å². The Balaban J connectivity index is 1.66. The number of amides is 1. The van der Waals surface area contributed by atoms with E-state index in [9.17, 15) is 14.0 Å². The SMILES string of the molecule is O=C(COC(=O)C(=Cc1cccs1)c1cccs1)Nc1ccc(Cl)cc1F. The molecule has 0 unspecified atom stereocenters. The Morgan fingerprint density at radius 1 is 1.15 bits per heavy atom. The Morgan fingerprint density at radius 3 is 2.59 bits per heavy atom. The second-order valence-corrected chi connectivity index (χ2v) is 7.66. The van der Waals surface area contributed by atoms with E-state index in [0.717, 1.165) is 15.8 Å². The lowest BCUT2D eigenvalue weighted by molar-refractivity contribution is -0.141. The van der Waals surface area contributed by atoms with Crippen molar-refractivity contribution in [1.29, 1.82) is 0 Å². The Labute approximate surface area is 167 Å². The molecule has 2 heterocycles. The zero-order valence-corrected chi connectivity index (χ0v) is 16.2. The zero-order valence-electron chi connectivity index (χ0n) is 13.8. The van der Waals surface area contributed by atoms with E-state index >= 15 is 0 Å². The summed E-state index contributed by atoms with van der Waals surface area (Å²) in [5.41, 5.74) is 0.325. The van der Waals surface area contributed by atoms with Gasteiger partial charge in [0.25, 0.3) is 5.91 Å². The maximum absolute atomic E-state index is 13.7. The van der Waals surface area contributed by atoms with Gasteiger partial charge in [-0.3, -0.25) is 4.79 Å². The number of carbonyl (C=O) groups excluding carboxylic acids is 2. The number of hydrogen-bond acceptors (Lipinski definition) is 5. The van der Waals surface area contributed by atoms with E-state index in [1.54, 1.807) is 12.1 Å². The van der Waals surface area contributed by atoms with Crippen LogP contribution in [-0.4, -0.2) is 18.5 Å². The number of ether oxygens (including phenoxy) is 1. The van der Waals surface area contributed by atoms with Crippen LogP contribution in [0.3, 0.4) is 0 Å². The third kappa shape index (κ3) is 5.26. The van der Waals surface area contributed by atoms with E-state index in [0.29, 0.717) is 5.57 Å². The van der Waals surface area contributed by atoms with Gasteiger partial charge in [-0.15, -0.1) is 22.7 Å². The van der Waals surface area contributed by atoms with Gasteiger partial charge in [0.05, 0.1) is 11.3 Å². The van der Waals surface area contributed by atoms with E-state index in [-0.39, 0.29) is 10.7 Å². The summed E-state index contributed by atoms with van der Waals surface area (Å²) < 4.78 is 18.8. The summed E-state index contributed by atoms with van der Waals surface area (Å²) in [5, 5.41) is 6.31. The summed E-state index contributed by atoms with van der Waals surface area (Å²) in [6.07, 6.45) is 1.72. The molecule has 1 N–H and O–H groups in total. The van der Waals surface area contributed by atoms with Gasteiger partial charge >= 0.3 is 5.97 Å². The summed E-state index contributed by atoms with van der Waals surface area (Å²) in [4.78, 5) is 26.1. The molecule has 0 saturated carbocycles. The van der Waals surface area contributed by atoms with Crippen LogP contribution in [0.2, 0.25) is 5.02 Å². The third-order valence-electron chi connectivity index (χ3n) is 3.38. The number of carbonyl (C=O) groups is 2. The maximum atomic E-state index is 13.7. The summed E-state index contributed by atoms with van der Waals surface area (Å²) in [7, 11) is 0. The largest absolute Gasteiger partial charge is 0.452 e. The Kier molecular flexibility index (Phi) is 6.39. The first-order valence-corrected chi connectivity index (χ1v) is 9.88. The van der Waals surface area contributed by atoms with Crippen molar-refractivity contribution in [2.75, 3.05) is 11.9 Å². The molecule has 0 atom stereocenters. The van der Waals surface area contributed by atoms with Gasteiger partial charge < -0.3 is 10.1 Å². The first-order chi connectivity index (χ1) is 13.0. The topological polar surface area (TPSA) is 55.4 Å². The molecule has 4 nitrogen and oxygen atoms in total. The molecule has 0 radical (unpaired) electrons. The van der Waals surface area contributed by atoms with Crippen molar-refractivity contribution in [3.05, 3.63) is 73.8 Å². The van der Waals surface area contributed by atoms with Gasteiger partial charge in [-0.1, -0.05) is 23.7 Å². The number of hydrogen-bond donors (Lipinski definition) is 1. The average molecular weight is 422 g/mol. The molecule has 3 rings (SSSR count). The average Bonchev–Trinajstić information content (AvgIpc) is 3.33. The van der Waals surface area contributed by atoms with Crippen LogP contribution >= 0.6 is 34.3 Å². The molecule has 0 spiro atoms. The quantitative estimate of drug-likeness (QED) is 0.432. The van der Waals surface area contributed by atoms with Crippen molar-refractivity contribution in [3.63, 3.8) is 0 Å². The van der Waals surface area contributed by atoms with Crippen LogP contribution in [0.25, 0.3) is 11.6 Å². The van der Waals surface area contributed by atoms with E-state index in [1.807, 2.05) is 29.0 Å². The van der Waals surface area contributed by atoms with Crippen molar-refractivity contribution in [1.82, 2.24) is 0 Å². The van der Waals surface area contributed by atoms with Crippen LogP contribution in [0.5, 0.6) is 0 Å². The highest BCUT2D eigenvalue weighted by atomic mass is 35.5. The molecule has 8 heteroatoms. The Morgan fingerprint density at radius 2 is 1.93 bits per heavy atom. The number of halogens is 2. The molecule has 1 amide bonds. The molecule has 3 aromatic rings. The summed E-state index contributed by atoms with van der Waals surface area (Å²) >= 11 is 8.55. The van der Waals surface area contributed by atoms with Crippen molar-refractivity contribution < 1.29 is 18.7 Å². The van der Waals surface area contributed by atoms with Crippen LogP contribution in [0.15, 0.2) is 53.2 Å². The number of esters is 1. The van der Waals surface area contributed by atoms with Gasteiger partial charge in [0, 0.05) is 14.8 Å². The van der Waals surface area contributed by atoms with E-state index in [4.69, 9.17) is 16.3 Å². The molecule has 0 aliphatic rings. The van der Waals surface area contributed by atoms with Gasteiger partial charge in [-0.05, 0) is 47.2 Å². The molecule has 1 aromatic carbocycles. The summed E-state index contributed by atoms with van der Waals surface area (Å²) in [6.45, 7) is -0.534. The minimum absolute atomic E-state index is 0.0342. The lowest BCUT2D eigenvalue weighted by atomic mass is 10.2. The normalized spacial score (nSPS) is 11.3. The molecule has 2 aromatic heterocycles. The van der Waals surface area contributed by atoms with Crippen LogP contribution in [0.4, 0.5) is 10.1 Å². The maximum Gasteiger partial charge on any atom is 0.340 e. The van der Waals surface area contributed by atoms with Crippen molar-refractivity contribution >= 4 is 63.5 Å². The standard InChI is InChI=1S/C19H13ClFNO3S2/c20-12-5-6-16(15(21)9-12)22-18(23)11-25-19(24)14(17-4-2-8-27-17)10-13-3-1-7-26-13/h1-10H,11H2,(H,22,23). The fourth-order valence-electron chi connectivity index (χ4n) is 2.16. The van der Waals surface area contributed by atoms with E-state index < -0.39 is 24.3 Å². The summed E-state index contributed by atoms with van der Waals surface area (Å²) in [6, 6.07) is 11.3. The minimum Gasteiger partial charge on any atom is -0.452 e. The predicted octanol–water partition coefficient (Wildman–Crippen LogP) is 5.32. The van der Waals surface area contributed by atoms with Crippen molar-refractivity contribution in [2.45, 2.75) is 0 Å². The van der Waals surface area contributed by atoms with Gasteiger partial charge in [0.2, 0.25) is 0 Å². The number of benzene rings is 1. The molecule has 0 fully saturated rings. The Bertz CT molecular complexity index is 969. The van der Waals surface area contributed by atoms with Crippen molar-refractivity contribution in [3.8, 4) is 0 Å². The smallest absolute Gasteiger partial charge is 0.340 e. The minimum atomic E-state index is -0.668. The second kappa shape index (κ2) is 8.94. The lowest BCUT2D eigenvalue weighted by Crippen LogP contribution is -2.21. The number of thiophene rings is 2. The van der Waals surface area contributed by atoms with Gasteiger partial charge in [-0.25, -0.2) is 9.18 Å². The molecular weight excluding hydrogens is 409 g/mol. The van der Waals surface area contributed by atoms with Crippen LogP contribution in [0, 0.1) is 5.82 Å². The zero-order chi connectivity index (χ0) is 19.2. The monoisotopic (exact) mass is 421 g/mol. The van der Waals surface area contributed by atoms with E-state index in [2.05, 4.69) is 5.32 Å². The Hall–Kier alpha value is -2.48. The van der Waals surface area contributed by atoms with Crippen LogP contribution < -0.4 is 5.32 Å². The predicted molar refractivity (Wildman–Crippen MR) is 108 cm³/mol. The molecule has 0 aliphatic carbocycles. The fourth-order valence-corrected chi connectivity index (χ4v) is 3.71. The van der Waals surface area contributed by atoms with Crippen molar-refractivity contribution in [2.24, 2.45) is 0 Å². The van der Waals surface area contributed by atoms with Gasteiger partial charge in [0.15, 0.2) is 6.61 Å². The molecular formula is C19H13ClFNO3S2. The highest BCUT2D eigenvalue weighted by Crippen LogP contribution is 2.26. The first kappa shape index (κ1) is 19.3. The third-order valence-corrected chi connectivity index (χ3v) is 5.33. The van der Waals surface area contributed by atoms with Crippen LogP contribution in [-0.2, 0) is 14.3 Å². The van der Waals surface area contributed by atoms with Crippen LogP contribution in [0.1, 0.15) is 9.75 Å². The van der Waals surface area contributed by atoms with E-state index in [1.165, 1.54) is 34.8 Å². The number of anilines is 1. The molecule has 0 saturated heterocycles. The highest BCUT2D eigenvalue weighted by Gasteiger charge is 2.17.